The van der Waals surface area contributed by atoms with Gasteiger partial charge < -0.3 is 4.74 Å². The zero-order valence-corrected chi connectivity index (χ0v) is 14.9. The smallest absolute Gasteiger partial charge is 0.305 e. The number of hydrogen-bond acceptors (Lipinski definition) is 4. The van der Waals surface area contributed by atoms with Crippen molar-refractivity contribution in [3.05, 3.63) is 54.1 Å². The van der Waals surface area contributed by atoms with Crippen molar-refractivity contribution in [2.45, 2.75) is 30.6 Å². The van der Waals surface area contributed by atoms with E-state index >= 15 is 0 Å². The number of Topliss-reactive ketones (excluding diaryl/α,β-unsaturated/α-hetero) is 1. The van der Waals surface area contributed by atoms with Crippen LogP contribution in [-0.2, 0) is 9.53 Å². The van der Waals surface area contributed by atoms with Crippen LogP contribution in [0.3, 0.4) is 0 Å². The van der Waals surface area contributed by atoms with Crippen molar-refractivity contribution < 1.29 is 14.3 Å². The van der Waals surface area contributed by atoms with Gasteiger partial charge in [-0.1, -0.05) is 36.4 Å². The Morgan fingerprint density at radius 2 is 1.42 bits per heavy atom. The molecule has 2 aromatic rings. The fourth-order valence-electron chi connectivity index (χ4n) is 2.43. The maximum Gasteiger partial charge on any atom is 0.305 e. The Bertz CT molecular complexity index is 675. The molecular formula is C20H22O3S. The molecule has 0 spiro atoms. The quantitative estimate of drug-likeness (QED) is 0.293. The fraction of sp³-hybridized carbons (Fsp3) is 0.300. The van der Waals surface area contributed by atoms with Gasteiger partial charge in [0.25, 0.3) is 0 Å². The SMILES string of the molecule is COC(=O)CCCCC(=O)c1ccc(-c2ccc(SC)cc2)cc1. The molecule has 0 atom stereocenters. The normalized spacial score (nSPS) is 10.4. The lowest BCUT2D eigenvalue weighted by Gasteiger charge is -2.05. The zero-order chi connectivity index (χ0) is 17.4. The van der Waals surface area contributed by atoms with Gasteiger partial charge in [-0.05, 0) is 42.4 Å². The number of benzene rings is 2. The minimum absolute atomic E-state index is 0.115. The molecule has 2 rings (SSSR count). The molecule has 126 valence electrons. The number of hydrogen-bond donors (Lipinski definition) is 0. The topological polar surface area (TPSA) is 43.4 Å². The lowest BCUT2D eigenvalue weighted by atomic mass is 10.0. The molecule has 0 aliphatic carbocycles. The van der Waals surface area contributed by atoms with Crippen molar-refractivity contribution in [3.8, 4) is 11.1 Å². The molecule has 0 unspecified atom stereocenters. The molecule has 4 heteroatoms. The summed E-state index contributed by atoms with van der Waals surface area (Å²) in [5, 5.41) is 0. The Kier molecular flexibility index (Phi) is 7.07. The van der Waals surface area contributed by atoms with Crippen LogP contribution in [0.4, 0.5) is 0 Å². The molecule has 0 saturated carbocycles. The van der Waals surface area contributed by atoms with Crippen molar-refractivity contribution in [3.63, 3.8) is 0 Å². The average Bonchev–Trinajstić information content (AvgIpc) is 2.65. The number of rotatable bonds is 8. The van der Waals surface area contributed by atoms with E-state index in [1.807, 2.05) is 24.3 Å². The first-order valence-electron chi connectivity index (χ1n) is 7.98. The Balaban J connectivity index is 1.90. The van der Waals surface area contributed by atoms with Crippen LogP contribution in [0, 0.1) is 0 Å². The molecule has 3 nitrogen and oxygen atoms in total. The molecule has 0 bridgehead atoms. The highest BCUT2D eigenvalue weighted by molar-refractivity contribution is 7.98. The largest absolute Gasteiger partial charge is 0.469 e. The minimum atomic E-state index is -0.223. The summed E-state index contributed by atoms with van der Waals surface area (Å²) < 4.78 is 4.59. The monoisotopic (exact) mass is 342 g/mol. The number of esters is 1. The highest BCUT2D eigenvalue weighted by Crippen LogP contribution is 2.23. The van der Waals surface area contributed by atoms with E-state index in [2.05, 4.69) is 35.3 Å². The van der Waals surface area contributed by atoms with Crippen LogP contribution in [0.1, 0.15) is 36.0 Å². The van der Waals surface area contributed by atoms with Gasteiger partial charge in [0.1, 0.15) is 0 Å². The first-order chi connectivity index (χ1) is 11.6. The highest BCUT2D eigenvalue weighted by atomic mass is 32.2. The van der Waals surface area contributed by atoms with Crippen LogP contribution in [0.2, 0.25) is 0 Å². The third kappa shape index (κ3) is 5.24. The first-order valence-corrected chi connectivity index (χ1v) is 9.21. The van der Waals surface area contributed by atoms with Crippen molar-refractivity contribution >= 4 is 23.5 Å². The second-order valence-electron chi connectivity index (χ2n) is 5.51. The molecule has 0 N–H and O–H groups in total. The summed E-state index contributed by atoms with van der Waals surface area (Å²) in [7, 11) is 1.38. The second kappa shape index (κ2) is 9.28. The predicted octanol–water partition coefficient (Wildman–Crippen LogP) is 4.99. The minimum Gasteiger partial charge on any atom is -0.469 e. The number of ether oxygens (including phenoxy) is 1. The van der Waals surface area contributed by atoms with Gasteiger partial charge in [-0.3, -0.25) is 9.59 Å². The Labute approximate surface area is 147 Å². The lowest BCUT2D eigenvalue weighted by Crippen LogP contribution is -2.02. The fourth-order valence-corrected chi connectivity index (χ4v) is 2.84. The lowest BCUT2D eigenvalue weighted by molar-refractivity contribution is -0.140. The summed E-state index contributed by atoms with van der Waals surface area (Å²) in [6, 6.07) is 16.1. The third-order valence-corrected chi connectivity index (χ3v) is 4.64. The van der Waals surface area contributed by atoms with Gasteiger partial charge in [0, 0.05) is 23.3 Å². The van der Waals surface area contributed by atoms with Crippen LogP contribution in [-0.4, -0.2) is 25.1 Å². The van der Waals surface area contributed by atoms with Gasteiger partial charge in [0.2, 0.25) is 0 Å². The number of methoxy groups -OCH3 is 1. The van der Waals surface area contributed by atoms with Gasteiger partial charge in [-0.2, -0.15) is 0 Å². The molecule has 0 aliphatic rings. The van der Waals surface area contributed by atoms with Crippen LogP contribution in [0.25, 0.3) is 11.1 Å². The average molecular weight is 342 g/mol. The van der Waals surface area contributed by atoms with Crippen molar-refractivity contribution in [2.24, 2.45) is 0 Å². The number of carbonyl (C=O) groups excluding carboxylic acids is 2. The number of ketones is 1. The van der Waals surface area contributed by atoms with Gasteiger partial charge in [0.15, 0.2) is 5.78 Å². The molecule has 0 heterocycles. The first kappa shape index (κ1) is 18.3. The Morgan fingerprint density at radius 1 is 0.875 bits per heavy atom. The molecule has 0 amide bonds. The molecule has 0 aromatic heterocycles. The summed E-state index contributed by atoms with van der Waals surface area (Å²) in [5.41, 5.74) is 2.97. The van der Waals surface area contributed by atoms with Gasteiger partial charge in [-0.15, -0.1) is 11.8 Å². The number of thioether (sulfide) groups is 1. The number of carbonyl (C=O) groups is 2. The highest BCUT2D eigenvalue weighted by Gasteiger charge is 2.07. The maximum absolute atomic E-state index is 12.2. The second-order valence-corrected chi connectivity index (χ2v) is 6.39. The van der Waals surface area contributed by atoms with E-state index in [0.717, 1.165) is 16.7 Å². The van der Waals surface area contributed by atoms with E-state index < -0.39 is 0 Å². The molecule has 0 radical (unpaired) electrons. The van der Waals surface area contributed by atoms with E-state index in [0.29, 0.717) is 25.7 Å². The molecule has 0 saturated heterocycles. The Morgan fingerprint density at radius 3 is 1.96 bits per heavy atom. The van der Waals surface area contributed by atoms with Crippen molar-refractivity contribution in [1.29, 1.82) is 0 Å². The molecule has 0 fully saturated rings. The summed E-state index contributed by atoms with van der Waals surface area (Å²) in [4.78, 5) is 24.4. The van der Waals surface area contributed by atoms with Crippen molar-refractivity contribution in [1.82, 2.24) is 0 Å². The van der Waals surface area contributed by atoms with E-state index in [4.69, 9.17) is 0 Å². The number of unbranched alkanes of at least 4 members (excludes halogenated alkanes) is 1. The van der Waals surface area contributed by atoms with Crippen LogP contribution >= 0.6 is 11.8 Å². The Hall–Kier alpha value is -2.07. The summed E-state index contributed by atoms with van der Waals surface area (Å²) in [5.74, 6) is -0.108. The predicted molar refractivity (Wildman–Crippen MR) is 98.5 cm³/mol. The van der Waals surface area contributed by atoms with Crippen LogP contribution in [0.15, 0.2) is 53.4 Å². The van der Waals surface area contributed by atoms with E-state index in [1.165, 1.54) is 12.0 Å². The summed E-state index contributed by atoms with van der Waals surface area (Å²) in [6.07, 6.45) is 4.26. The molecule has 0 aliphatic heterocycles. The summed E-state index contributed by atoms with van der Waals surface area (Å²) in [6.45, 7) is 0. The van der Waals surface area contributed by atoms with E-state index in [-0.39, 0.29) is 11.8 Å². The van der Waals surface area contributed by atoms with Gasteiger partial charge in [-0.25, -0.2) is 0 Å². The van der Waals surface area contributed by atoms with Crippen LogP contribution < -0.4 is 0 Å². The molecule has 2 aromatic carbocycles. The van der Waals surface area contributed by atoms with Crippen LogP contribution in [0.5, 0.6) is 0 Å². The van der Waals surface area contributed by atoms with Gasteiger partial charge >= 0.3 is 5.97 Å². The standard InChI is InChI=1S/C20H22O3S/c1-23-20(22)6-4-3-5-19(21)17-9-7-15(8-10-17)16-11-13-18(24-2)14-12-16/h7-14H,3-6H2,1-2H3. The van der Waals surface area contributed by atoms with E-state index in [9.17, 15) is 9.59 Å². The molecule has 24 heavy (non-hydrogen) atoms. The molecular weight excluding hydrogens is 320 g/mol. The van der Waals surface area contributed by atoms with E-state index in [1.54, 1.807) is 11.8 Å². The third-order valence-electron chi connectivity index (χ3n) is 3.89. The van der Waals surface area contributed by atoms with Crippen molar-refractivity contribution in [2.75, 3.05) is 13.4 Å². The van der Waals surface area contributed by atoms with Gasteiger partial charge in [0.05, 0.1) is 7.11 Å². The maximum atomic E-state index is 12.2. The summed E-state index contributed by atoms with van der Waals surface area (Å²) >= 11 is 1.72. The zero-order valence-electron chi connectivity index (χ0n) is 14.1.